The number of rotatable bonds is 4. The lowest BCUT2D eigenvalue weighted by Crippen LogP contribution is -2.07. The molecule has 15 heavy (non-hydrogen) atoms. The standard InChI is InChI=1S/C9H9N3O2S/c1-2-14-9(13)7(5-10)6-11-8-3-4-15-12-8/h3-4,6H,2H2,1H3,(H,11,12)/b7-6-. The third-order valence-electron chi connectivity index (χ3n) is 1.42. The molecule has 0 atom stereocenters. The summed E-state index contributed by atoms with van der Waals surface area (Å²) in [6.07, 6.45) is 1.28. The van der Waals surface area contributed by atoms with Crippen molar-refractivity contribution in [2.75, 3.05) is 11.9 Å². The lowest BCUT2D eigenvalue weighted by atomic mass is 10.3. The lowest BCUT2D eigenvalue weighted by molar-refractivity contribution is -0.138. The maximum Gasteiger partial charge on any atom is 0.350 e. The fourth-order valence-corrected chi connectivity index (χ4v) is 1.26. The van der Waals surface area contributed by atoms with Crippen molar-refractivity contribution in [3.63, 3.8) is 0 Å². The molecule has 0 bridgehead atoms. The van der Waals surface area contributed by atoms with Crippen molar-refractivity contribution in [1.29, 1.82) is 5.26 Å². The third-order valence-corrected chi connectivity index (χ3v) is 1.98. The highest BCUT2D eigenvalue weighted by atomic mass is 32.1. The molecule has 0 saturated carbocycles. The van der Waals surface area contributed by atoms with E-state index in [1.807, 2.05) is 0 Å². The van der Waals surface area contributed by atoms with Crippen LogP contribution >= 0.6 is 11.5 Å². The van der Waals surface area contributed by atoms with Crippen LogP contribution in [0.25, 0.3) is 0 Å². The topological polar surface area (TPSA) is 75.0 Å². The zero-order valence-electron chi connectivity index (χ0n) is 8.06. The Hall–Kier alpha value is -1.87. The summed E-state index contributed by atoms with van der Waals surface area (Å²) in [7, 11) is 0. The van der Waals surface area contributed by atoms with Crippen molar-refractivity contribution in [3.8, 4) is 6.07 Å². The highest BCUT2D eigenvalue weighted by molar-refractivity contribution is 7.03. The molecule has 6 heteroatoms. The smallest absolute Gasteiger partial charge is 0.350 e. The summed E-state index contributed by atoms with van der Waals surface area (Å²) in [5.74, 6) is -0.0419. The molecule has 78 valence electrons. The first-order valence-electron chi connectivity index (χ1n) is 4.22. The Morgan fingerprint density at radius 3 is 3.20 bits per heavy atom. The molecule has 1 aromatic heterocycles. The minimum Gasteiger partial charge on any atom is -0.462 e. The summed E-state index contributed by atoms with van der Waals surface area (Å²) in [5, 5.41) is 13.2. The molecule has 0 saturated heterocycles. The van der Waals surface area contributed by atoms with Gasteiger partial charge in [-0.3, -0.25) is 0 Å². The Kier molecular flexibility index (Phi) is 4.31. The Labute approximate surface area is 91.2 Å². The molecule has 0 unspecified atom stereocenters. The third kappa shape index (κ3) is 3.40. The Bertz CT molecular complexity index is 392. The summed E-state index contributed by atoms with van der Waals surface area (Å²) in [5.41, 5.74) is -0.0788. The number of esters is 1. The van der Waals surface area contributed by atoms with Crippen molar-refractivity contribution in [2.24, 2.45) is 0 Å². The molecule has 0 aliphatic rings. The molecule has 0 radical (unpaired) electrons. The molecule has 1 N–H and O–H groups in total. The summed E-state index contributed by atoms with van der Waals surface area (Å²) >= 11 is 1.28. The van der Waals surface area contributed by atoms with E-state index in [4.69, 9.17) is 5.26 Å². The van der Waals surface area contributed by atoms with E-state index < -0.39 is 5.97 Å². The molecular formula is C9H9N3O2S. The van der Waals surface area contributed by atoms with Crippen LogP contribution in [0.4, 0.5) is 5.82 Å². The quantitative estimate of drug-likeness (QED) is 0.476. The second-order valence-electron chi connectivity index (χ2n) is 2.42. The van der Waals surface area contributed by atoms with E-state index in [0.29, 0.717) is 5.82 Å². The van der Waals surface area contributed by atoms with E-state index in [1.54, 1.807) is 24.4 Å². The molecule has 0 fully saturated rings. The van der Waals surface area contributed by atoms with Crippen molar-refractivity contribution in [1.82, 2.24) is 4.37 Å². The summed E-state index contributed by atoms with van der Waals surface area (Å²) in [4.78, 5) is 11.2. The van der Waals surface area contributed by atoms with Gasteiger partial charge in [0.15, 0.2) is 5.57 Å². The van der Waals surface area contributed by atoms with Gasteiger partial charge in [0.1, 0.15) is 11.9 Å². The van der Waals surface area contributed by atoms with Gasteiger partial charge in [-0.25, -0.2) is 4.79 Å². The van der Waals surface area contributed by atoms with E-state index in [2.05, 4.69) is 14.4 Å². The van der Waals surface area contributed by atoms with Crippen LogP contribution < -0.4 is 5.32 Å². The van der Waals surface area contributed by atoms with E-state index in [-0.39, 0.29) is 12.2 Å². The number of carbonyl (C=O) groups excluding carboxylic acids is 1. The van der Waals surface area contributed by atoms with Crippen LogP contribution in [-0.2, 0) is 9.53 Å². The van der Waals surface area contributed by atoms with Crippen molar-refractivity contribution < 1.29 is 9.53 Å². The second kappa shape index (κ2) is 5.78. The van der Waals surface area contributed by atoms with Gasteiger partial charge in [0.2, 0.25) is 0 Å². The highest BCUT2D eigenvalue weighted by Crippen LogP contribution is 2.06. The fourth-order valence-electron chi connectivity index (χ4n) is 0.779. The van der Waals surface area contributed by atoms with Crippen molar-refractivity contribution in [3.05, 3.63) is 23.2 Å². The number of aromatic nitrogens is 1. The SMILES string of the molecule is CCOC(=O)/C(C#N)=C\Nc1ccsn1. The number of nitriles is 1. The maximum atomic E-state index is 11.2. The van der Waals surface area contributed by atoms with Crippen LogP contribution in [0.15, 0.2) is 23.2 Å². The van der Waals surface area contributed by atoms with E-state index in [9.17, 15) is 4.79 Å². The summed E-state index contributed by atoms with van der Waals surface area (Å²) in [6, 6.07) is 3.49. The van der Waals surface area contributed by atoms with Crippen LogP contribution in [0.2, 0.25) is 0 Å². The Morgan fingerprint density at radius 1 is 1.87 bits per heavy atom. The van der Waals surface area contributed by atoms with Gasteiger partial charge in [-0.1, -0.05) is 0 Å². The van der Waals surface area contributed by atoms with Crippen molar-refractivity contribution in [2.45, 2.75) is 6.92 Å². The van der Waals surface area contributed by atoms with Gasteiger partial charge >= 0.3 is 5.97 Å². The number of carbonyl (C=O) groups is 1. The number of hydrogen-bond donors (Lipinski definition) is 1. The number of nitrogens with zero attached hydrogens (tertiary/aromatic N) is 2. The molecule has 1 heterocycles. The minimum absolute atomic E-state index is 0.0788. The predicted molar refractivity (Wildman–Crippen MR) is 56.1 cm³/mol. The number of nitrogens with one attached hydrogen (secondary N) is 1. The Balaban J connectivity index is 2.63. The predicted octanol–water partition coefficient (Wildman–Crippen LogP) is 1.53. The average molecular weight is 223 g/mol. The van der Waals surface area contributed by atoms with Gasteiger partial charge in [-0.05, 0) is 24.5 Å². The van der Waals surface area contributed by atoms with Gasteiger partial charge in [0.25, 0.3) is 0 Å². The van der Waals surface area contributed by atoms with E-state index in [1.165, 1.54) is 17.7 Å². The van der Waals surface area contributed by atoms with E-state index in [0.717, 1.165) is 0 Å². The summed E-state index contributed by atoms with van der Waals surface area (Å²) in [6.45, 7) is 1.93. The normalized spacial score (nSPS) is 10.5. The Morgan fingerprint density at radius 2 is 2.67 bits per heavy atom. The fraction of sp³-hybridized carbons (Fsp3) is 0.222. The molecule has 0 spiro atoms. The van der Waals surface area contributed by atoms with Gasteiger partial charge in [0.05, 0.1) is 6.61 Å². The average Bonchev–Trinajstić information content (AvgIpc) is 2.72. The molecule has 0 aliphatic carbocycles. The first-order chi connectivity index (χ1) is 7.27. The van der Waals surface area contributed by atoms with Crippen LogP contribution in [0.5, 0.6) is 0 Å². The zero-order chi connectivity index (χ0) is 11.1. The van der Waals surface area contributed by atoms with Gasteiger partial charge in [-0.2, -0.15) is 9.64 Å². The first-order valence-corrected chi connectivity index (χ1v) is 5.06. The van der Waals surface area contributed by atoms with Crippen LogP contribution in [0.1, 0.15) is 6.92 Å². The highest BCUT2D eigenvalue weighted by Gasteiger charge is 2.08. The maximum absolute atomic E-state index is 11.2. The minimum atomic E-state index is -0.636. The monoisotopic (exact) mass is 223 g/mol. The molecule has 5 nitrogen and oxygen atoms in total. The van der Waals surface area contributed by atoms with Gasteiger partial charge < -0.3 is 10.1 Å². The van der Waals surface area contributed by atoms with E-state index >= 15 is 0 Å². The molecule has 1 rings (SSSR count). The summed E-state index contributed by atoms with van der Waals surface area (Å²) < 4.78 is 8.63. The van der Waals surface area contributed by atoms with Gasteiger partial charge in [-0.15, -0.1) is 0 Å². The van der Waals surface area contributed by atoms with Crippen molar-refractivity contribution >= 4 is 23.3 Å². The second-order valence-corrected chi connectivity index (χ2v) is 3.08. The van der Waals surface area contributed by atoms with Crippen LogP contribution in [0.3, 0.4) is 0 Å². The first kappa shape index (κ1) is 11.2. The van der Waals surface area contributed by atoms with Crippen LogP contribution in [0, 0.1) is 11.3 Å². The molecule has 0 aromatic carbocycles. The largest absolute Gasteiger partial charge is 0.462 e. The molecule has 0 aliphatic heterocycles. The number of ether oxygens (including phenoxy) is 1. The number of hydrogen-bond acceptors (Lipinski definition) is 6. The zero-order valence-corrected chi connectivity index (χ0v) is 8.87. The van der Waals surface area contributed by atoms with Gasteiger partial charge in [0, 0.05) is 11.6 Å². The molecular weight excluding hydrogens is 214 g/mol. The molecule has 1 aromatic rings. The number of anilines is 1. The van der Waals surface area contributed by atoms with Crippen LogP contribution in [-0.4, -0.2) is 16.9 Å². The molecule has 0 amide bonds. The lowest BCUT2D eigenvalue weighted by Gasteiger charge is -1.99.